The van der Waals surface area contributed by atoms with Crippen molar-refractivity contribution in [3.8, 4) is 11.8 Å². The fraction of sp³-hybridized carbons (Fsp3) is 0.429. The monoisotopic (exact) mass is 296 g/mol. The Morgan fingerprint density at radius 1 is 1.50 bits per heavy atom. The smallest absolute Gasteiger partial charge is 0.407 e. The molecule has 0 bridgehead atoms. The van der Waals surface area contributed by atoms with Crippen molar-refractivity contribution in [1.82, 2.24) is 10.3 Å². The van der Waals surface area contributed by atoms with E-state index in [1.807, 2.05) is 0 Å². The molecule has 0 radical (unpaired) electrons. The van der Waals surface area contributed by atoms with Crippen LogP contribution in [0.3, 0.4) is 0 Å². The number of alkyl carbamates (subject to hydrolysis) is 1. The Labute approximate surface area is 122 Å². The van der Waals surface area contributed by atoms with Crippen molar-refractivity contribution in [2.45, 2.75) is 32.8 Å². The van der Waals surface area contributed by atoms with E-state index in [0.29, 0.717) is 18.5 Å². The third-order valence-electron chi connectivity index (χ3n) is 2.01. The largest absolute Gasteiger partial charge is 0.444 e. The van der Waals surface area contributed by atoms with Crippen LogP contribution in [0.25, 0.3) is 0 Å². The second-order valence-corrected chi connectivity index (χ2v) is 5.45. The SMILES string of the molecule is CC(C)(C)OC(=O)NCCC#Cc1c[nH]c(=O)c(Cl)c1. The zero-order valence-electron chi connectivity index (χ0n) is 11.7. The van der Waals surface area contributed by atoms with Crippen molar-refractivity contribution in [2.24, 2.45) is 0 Å². The van der Waals surface area contributed by atoms with E-state index in [4.69, 9.17) is 16.3 Å². The number of H-pyrrole nitrogens is 1. The molecule has 108 valence electrons. The second kappa shape index (κ2) is 7.01. The molecule has 2 N–H and O–H groups in total. The minimum atomic E-state index is -0.511. The highest BCUT2D eigenvalue weighted by molar-refractivity contribution is 6.30. The van der Waals surface area contributed by atoms with Gasteiger partial charge in [0.2, 0.25) is 0 Å². The highest BCUT2D eigenvalue weighted by Crippen LogP contribution is 2.06. The summed E-state index contributed by atoms with van der Waals surface area (Å²) in [6.07, 6.45) is 1.49. The van der Waals surface area contributed by atoms with E-state index in [0.717, 1.165) is 0 Å². The number of carbonyl (C=O) groups is 1. The molecule has 0 saturated heterocycles. The molecular weight excluding hydrogens is 280 g/mol. The first-order chi connectivity index (χ1) is 9.28. The number of aromatic amines is 1. The maximum atomic E-state index is 11.3. The van der Waals surface area contributed by atoms with Gasteiger partial charge in [0.25, 0.3) is 5.56 Å². The van der Waals surface area contributed by atoms with Gasteiger partial charge in [-0.1, -0.05) is 23.4 Å². The van der Waals surface area contributed by atoms with E-state index >= 15 is 0 Å². The molecule has 0 fully saturated rings. The quantitative estimate of drug-likeness (QED) is 0.650. The Morgan fingerprint density at radius 3 is 2.80 bits per heavy atom. The number of hydrogen-bond acceptors (Lipinski definition) is 3. The number of carbonyl (C=O) groups excluding carboxylic acids is 1. The van der Waals surface area contributed by atoms with Gasteiger partial charge in [0.15, 0.2) is 0 Å². The summed E-state index contributed by atoms with van der Waals surface area (Å²) in [5.74, 6) is 5.70. The fourth-order valence-electron chi connectivity index (χ4n) is 1.23. The van der Waals surface area contributed by atoms with Gasteiger partial charge in [-0.15, -0.1) is 0 Å². The van der Waals surface area contributed by atoms with E-state index in [2.05, 4.69) is 22.1 Å². The molecule has 1 aromatic heterocycles. The van der Waals surface area contributed by atoms with Crippen molar-refractivity contribution in [3.63, 3.8) is 0 Å². The summed E-state index contributed by atoms with van der Waals surface area (Å²) >= 11 is 5.67. The van der Waals surface area contributed by atoms with Crippen LogP contribution >= 0.6 is 11.6 Å². The first-order valence-electron chi connectivity index (χ1n) is 6.12. The van der Waals surface area contributed by atoms with Gasteiger partial charge in [-0.25, -0.2) is 4.79 Å². The van der Waals surface area contributed by atoms with Gasteiger partial charge in [0, 0.05) is 24.7 Å². The van der Waals surface area contributed by atoms with Gasteiger partial charge in [-0.3, -0.25) is 4.79 Å². The molecule has 6 heteroatoms. The highest BCUT2D eigenvalue weighted by atomic mass is 35.5. The van der Waals surface area contributed by atoms with E-state index < -0.39 is 11.7 Å². The van der Waals surface area contributed by atoms with Crippen LogP contribution in [0.5, 0.6) is 0 Å². The molecule has 1 aromatic rings. The Balaban J connectivity index is 2.38. The highest BCUT2D eigenvalue weighted by Gasteiger charge is 2.15. The molecule has 0 aliphatic heterocycles. The molecule has 0 aliphatic carbocycles. The minimum Gasteiger partial charge on any atom is -0.444 e. The van der Waals surface area contributed by atoms with Gasteiger partial charge < -0.3 is 15.0 Å². The maximum Gasteiger partial charge on any atom is 0.407 e. The van der Waals surface area contributed by atoms with Crippen LogP contribution in [0.2, 0.25) is 5.02 Å². The van der Waals surface area contributed by atoms with Crippen LogP contribution in [0.15, 0.2) is 17.1 Å². The summed E-state index contributed by atoms with van der Waals surface area (Å²) in [6, 6.07) is 1.49. The summed E-state index contributed by atoms with van der Waals surface area (Å²) in [7, 11) is 0. The number of aromatic nitrogens is 1. The fourth-order valence-corrected chi connectivity index (χ4v) is 1.41. The molecule has 0 unspecified atom stereocenters. The molecule has 1 rings (SSSR count). The first kappa shape index (κ1) is 16.1. The van der Waals surface area contributed by atoms with Gasteiger partial charge in [-0.05, 0) is 26.8 Å². The van der Waals surface area contributed by atoms with Crippen LogP contribution < -0.4 is 10.9 Å². The molecule has 0 atom stereocenters. The summed E-state index contributed by atoms with van der Waals surface area (Å²) in [6.45, 7) is 5.78. The average molecular weight is 297 g/mol. The molecule has 5 nitrogen and oxygen atoms in total. The van der Waals surface area contributed by atoms with Gasteiger partial charge in [0.05, 0.1) is 0 Å². The number of halogens is 1. The van der Waals surface area contributed by atoms with Crippen LogP contribution in [-0.2, 0) is 4.74 Å². The Morgan fingerprint density at radius 2 is 2.20 bits per heavy atom. The zero-order valence-corrected chi connectivity index (χ0v) is 12.4. The van der Waals surface area contributed by atoms with Crippen LogP contribution in [0.4, 0.5) is 4.79 Å². The molecule has 0 spiro atoms. The van der Waals surface area contributed by atoms with E-state index in [9.17, 15) is 9.59 Å². The molecule has 20 heavy (non-hydrogen) atoms. The third kappa shape index (κ3) is 6.30. The number of nitrogens with one attached hydrogen (secondary N) is 2. The van der Waals surface area contributed by atoms with Crippen molar-refractivity contribution in [2.75, 3.05) is 6.54 Å². The maximum absolute atomic E-state index is 11.3. The zero-order chi connectivity index (χ0) is 15.2. The second-order valence-electron chi connectivity index (χ2n) is 5.05. The normalized spacial score (nSPS) is 10.4. The number of hydrogen-bond donors (Lipinski definition) is 2. The van der Waals surface area contributed by atoms with E-state index in [1.165, 1.54) is 12.3 Å². The lowest BCUT2D eigenvalue weighted by atomic mass is 10.2. The summed E-state index contributed by atoms with van der Waals surface area (Å²) in [4.78, 5) is 24.8. The molecular formula is C14H17ClN2O3. The number of ether oxygens (including phenoxy) is 1. The predicted octanol–water partition coefficient (Wildman–Crippen LogP) is 2.29. The Hall–Kier alpha value is -1.93. The minimum absolute atomic E-state index is 0.101. The van der Waals surface area contributed by atoms with Gasteiger partial charge in [-0.2, -0.15) is 0 Å². The summed E-state index contributed by atoms with van der Waals surface area (Å²) < 4.78 is 5.08. The molecule has 0 saturated carbocycles. The standard InChI is InChI=1S/C14H17ClN2O3/c1-14(2,3)20-13(19)16-7-5-4-6-10-8-11(15)12(18)17-9-10/h8-9H,5,7H2,1-3H3,(H,16,19)(H,17,18). The van der Waals surface area contributed by atoms with Crippen molar-refractivity contribution >= 4 is 17.7 Å². The number of pyridine rings is 1. The van der Waals surface area contributed by atoms with Gasteiger partial charge in [0.1, 0.15) is 10.6 Å². The molecule has 1 heterocycles. The Kier molecular flexibility index (Phi) is 5.66. The third-order valence-corrected chi connectivity index (χ3v) is 2.29. The van der Waals surface area contributed by atoms with Crippen molar-refractivity contribution in [3.05, 3.63) is 33.2 Å². The first-order valence-corrected chi connectivity index (χ1v) is 6.50. The van der Waals surface area contributed by atoms with E-state index in [1.54, 1.807) is 20.8 Å². The summed E-state index contributed by atoms with van der Waals surface area (Å²) in [5, 5.41) is 2.70. The summed E-state index contributed by atoms with van der Waals surface area (Å²) in [5.41, 5.74) is -0.238. The Bertz CT molecular complexity index is 591. The van der Waals surface area contributed by atoms with Crippen molar-refractivity contribution < 1.29 is 9.53 Å². The molecule has 0 aliphatic rings. The molecule has 0 aromatic carbocycles. The number of amides is 1. The lowest BCUT2D eigenvalue weighted by Gasteiger charge is -2.19. The topological polar surface area (TPSA) is 71.2 Å². The van der Waals surface area contributed by atoms with Crippen LogP contribution in [0.1, 0.15) is 32.8 Å². The van der Waals surface area contributed by atoms with Crippen molar-refractivity contribution in [1.29, 1.82) is 0 Å². The van der Waals surface area contributed by atoms with Crippen LogP contribution in [0, 0.1) is 11.8 Å². The number of rotatable bonds is 2. The average Bonchev–Trinajstić information content (AvgIpc) is 2.31. The molecule has 1 amide bonds. The van der Waals surface area contributed by atoms with Gasteiger partial charge >= 0.3 is 6.09 Å². The lowest BCUT2D eigenvalue weighted by Crippen LogP contribution is -2.32. The lowest BCUT2D eigenvalue weighted by molar-refractivity contribution is 0.0529. The van der Waals surface area contributed by atoms with Crippen LogP contribution in [-0.4, -0.2) is 23.2 Å². The van der Waals surface area contributed by atoms with E-state index in [-0.39, 0.29) is 10.6 Å². The predicted molar refractivity (Wildman–Crippen MR) is 77.8 cm³/mol.